The Bertz CT molecular complexity index is 851. The number of hydrogen-bond acceptors (Lipinski definition) is 4. The smallest absolute Gasteiger partial charge is 0.408 e. The highest BCUT2D eigenvalue weighted by molar-refractivity contribution is 5.90. The summed E-state index contributed by atoms with van der Waals surface area (Å²) in [5, 5.41) is 3.79. The van der Waals surface area contributed by atoms with E-state index in [4.69, 9.17) is 10.2 Å². The quantitative estimate of drug-likeness (QED) is 0.833. The molecular weight excluding hydrogens is 361 g/mol. The van der Waals surface area contributed by atoms with Crippen LogP contribution in [0.25, 0.3) is 5.57 Å². The number of furan rings is 1. The van der Waals surface area contributed by atoms with Crippen molar-refractivity contribution in [1.82, 2.24) is 14.7 Å². The summed E-state index contributed by atoms with van der Waals surface area (Å²) in [5.74, 6) is 0.312. The first-order valence-corrected chi connectivity index (χ1v) is 8.67. The fourth-order valence-electron chi connectivity index (χ4n) is 3.18. The van der Waals surface area contributed by atoms with E-state index in [1.165, 1.54) is 12.4 Å². The third-order valence-electron chi connectivity index (χ3n) is 4.49. The van der Waals surface area contributed by atoms with Crippen molar-refractivity contribution in [3.63, 3.8) is 0 Å². The van der Waals surface area contributed by atoms with Crippen LogP contribution in [-0.4, -0.2) is 39.9 Å². The molecule has 3 rings (SSSR count). The summed E-state index contributed by atoms with van der Waals surface area (Å²) >= 11 is 0. The molecule has 0 bridgehead atoms. The van der Waals surface area contributed by atoms with Crippen molar-refractivity contribution < 1.29 is 22.4 Å². The molecule has 2 aromatic rings. The zero-order valence-electron chi connectivity index (χ0n) is 14.9. The molecule has 0 saturated heterocycles. The van der Waals surface area contributed by atoms with E-state index in [9.17, 15) is 18.0 Å². The number of amides is 1. The molecule has 6 nitrogen and oxygen atoms in total. The maximum absolute atomic E-state index is 12.4. The lowest BCUT2D eigenvalue weighted by Gasteiger charge is -2.25. The zero-order valence-corrected chi connectivity index (χ0v) is 14.9. The van der Waals surface area contributed by atoms with Gasteiger partial charge in [0, 0.05) is 43.4 Å². The molecule has 0 aliphatic carbocycles. The van der Waals surface area contributed by atoms with Gasteiger partial charge >= 0.3 is 6.18 Å². The van der Waals surface area contributed by atoms with Gasteiger partial charge in [0.25, 0.3) is 5.91 Å². The molecule has 146 valence electrons. The normalized spacial score (nSPS) is 15.8. The minimum Gasteiger partial charge on any atom is -0.456 e. The standard InChI is InChI=1S/C18H21F3N4O2/c1-2-15-13(7-16(27-15)17(22)26)9-24-5-3-12(4-6-24)14-8-23-25(10-14)11-18(19,20)21/h3,7-8,10H,2,4-6,9,11H2,1H3,(H2,22,26). The van der Waals surface area contributed by atoms with Gasteiger partial charge in [0.2, 0.25) is 0 Å². The molecule has 0 radical (unpaired) electrons. The van der Waals surface area contributed by atoms with Gasteiger partial charge in [-0.05, 0) is 18.1 Å². The molecule has 2 aromatic heterocycles. The number of halogens is 3. The first-order valence-electron chi connectivity index (χ1n) is 8.67. The van der Waals surface area contributed by atoms with E-state index in [0.29, 0.717) is 31.5 Å². The highest BCUT2D eigenvalue weighted by Gasteiger charge is 2.28. The molecule has 1 aliphatic rings. The van der Waals surface area contributed by atoms with E-state index in [1.54, 1.807) is 6.07 Å². The second kappa shape index (κ2) is 7.59. The third-order valence-corrected chi connectivity index (χ3v) is 4.49. The van der Waals surface area contributed by atoms with E-state index in [1.807, 2.05) is 13.0 Å². The van der Waals surface area contributed by atoms with Crippen molar-refractivity contribution in [2.24, 2.45) is 5.73 Å². The van der Waals surface area contributed by atoms with Crippen LogP contribution in [-0.2, 0) is 19.5 Å². The van der Waals surface area contributed by atoms with Crippen LogP contribution in [0.3, 0.4) is 0 Å². The summed E-state index contributed by atoms with van der Waals surface area (Å²) < 4.78 is 43.7. The molecule has 1 aliphatic heterocycles. The first kappa shape index (κ1) is 19.2. The molecule has 9 heteroatoms. The average molecular weight is 382 g/mol. The number of nitrogens with zero attached hydrogens (tertiary/aromatic N) is 3. The van der Waals surface area contributed by atoms with Gasteiger partial charge in [0.15, 0.2) is 5.76 Å². The number of nitrogens with two attached hydrogens (primary N) is 1. The van der Waals surface area contributed by atoms with Gasteiger partial charge in [-0.15, -0.1) is 0 Å². The SMILES string of the molecule is CCc1oc(C(N)=O)cc1CN1CC=C(c2cnn(CC(F)(F)F)c2)CC1. The van der Waals surface area contributed by atoms with Crippen LogP contribution in [0.1, 0.15) is 40.8 Å². The maximum atomic E-state index is 12.4. The summed E-state index contributed by atoms with van der Waals surface area (Å²) in [7, 11) is 0. The minimum atomic E-state index is -4.29. The van der Waals surface area contributed by atoms with Crippen molar-refractivity contribution in [2.75, 3.05) is 13.1 Å². The van der Waals surface area contributed by atoms with Crippen LogP contribution in [0.5, 0.6) is 0 Å². The predicted octanol–water partition coefficient (Wildman–Crippen LogP) is 2.99. The first-order chi connectivity index (χ1) is 12.7. The van der Waals surface area contributed by atoms with Crippen molar-refractivity contribution >= 4 is 11.5 Å². The topological polar surface area (TPSA) is 77.3 Å². The predicted molar refractivity (Wildman–Crippen MR) is 92.8 cm³/mol. The van der Waals surface area contributed by atoms with E-state index < -0.39 is 18.6 Å². The maximum Gasteiger partial charge on any atom is 0.408 e. The number of carbonyl (C=O) groups excluding carboxylic acids is 1. The van der Waals surface area contributed by atoms with Gasteiger partial charge in [-0.3, -0.25) is 14.4 Å². The summed E-state index contributed by atoms with van der Waals surface area (Å²) in [5.41, 5.74) is 7.91. The van der Waals surface area contributed by atoms with Gasteiger partial charge in [0.05, 0.1) is 6.20 Å². The molecule has 0 saturated carbocycles. The molecule has 1 amide bonds. The highest BCUT2D eigenvalue weighted by atomic mass is 19.4. The summed E-state index contributed by atoms with van der Waals surface area (Å²) in [4.78, 5) is 13.5. The van der Waals surface area contributed by atoms with Crippen LogP contribution in [0.15, 0.2) is 29.0 Å². The Balaban J connectivity index is 1.64. The van der Waals surface area contributed by atoms with Gasteiger partial charge in [-0.2, -0.15) is 18.3 Å². The molecule has 0 fully saturated rings. The molecular formula is C18H21F3N4O2. The van der Waals surface area contributed by atoms with Crippen molar-refractivity contribution in [3.8, 4) is 0 Å². The number of hydrogen-bond donors (Lipinski definition) is 1. The Labute approximate surface area is 154 Å². The third kappa shape index (κ3) is 4.79. The average Bonchev–Trinajstić information content (AvgIpc) is 3.21. The van der Waals surface area contributed by atoms with E-state index >= 15 is 0 Å². The van der Waals surface area contributed by atoms with Gasteiger partial charge in [-0.25, -0.2) is 0 Å². The molecule has 0 aromatic carbocycles. The molecule has 0 atom stereocenters. The monoisotopic (exact) mass is 382 g/mol. The van der Waals surface area contributed by atoms with Crippen molar-refractivity contribution in [2.45, 2.75) is 39.0 Å². The molecule has 0 spiro atoms. The number of alkyl halides is 3. The molecule has 3 heterocycles. The molecule has 0 unspecified atom stereocenters. The largest absolute Gasteiger partial charge is 0.456 e. The van der Waals surface area contributed by atoms with Gasteiger partial charge in [0.1, 0.15) is 12.3 Å². The van der Waals surface area contributed by atoms with Crippen LogP contribution >= 0.6 is 0 Å². The lowest BCUT2D eigenvalue weighted by molar-refractivity contribution is -0.142. The van der Waals surface area contributed by atoms with E-state index in [2.05, 4.69) is 10.00 Å². The zero-order chi connectivity index (χ0) is 19.6. The van der Waals surface area contributed by atoms with Gasteiger partial charge in [-0.1, -0.05) is 13.0 Å². The second-order valence-electron chi connectivity index (χ2n) is 6.53. The number of aromatic nitrogens is 2. The minimum absolute atomic E-state index is 0.159. The summed E-state index contributed by atoms with van der Waals surface area (Å²) in [6, 6.07) is 1.68. The summed E-state index contributed by atoms with van der Waals surface area (Å²) in [6.45, 7) is 2.88. The lowest BCUT2D eigenvalue weighted by atomic mass is 10.0. The van der Waals surface area contributed by atoms with Crippen LogP contribution in [0, 0.1) is 0 Å². The number of rotatable bonds is 6. The fraction of sp³-hybridized carbons (Fsp3) is 0.444. The van der Waals surface area contributed by atoms with Crippen LogP contribution in [0.2, 0.25) is 0 Å². The highest BCUT2D eigenvalue weighted by Crippen LogP contribution is 2.25. The molecule has 2 N–H and O–H groups in total. The van der Waals surface area contributed by atoms with E-state index in [0.717, 1.165) is 28.1 Å². The Hall–Kier alpha value is -2.55. The summed E-state index contributed by atoms with van der Waals surface area (Å²) in [6.07, 6.45) is 1.98. The Morgan fingerprint density at radius 1 is 1.41 bits per heavy atom. The van der Waals surface area contributed by atoms with Crippen molar-refractivity contribution in [1.29, 1.82) is 0 Å². The number of aryl methyl sites for hydroxylation is 1. The molecule has 27 heavy (non-hydrogen) atoms. The van der Waals surface area contributed by atoms with Crippen LogP contribution in [0.4, 0.5) is 13.2 Å². The van der Waals surface area contributed by atoms with Gasteiger partial charge < -0.3 is 10.2 Å². The Morgan fingerprint density at radius 3 is 2.78 bits per heavy atom. The fourth-order valence-corrected chi connectivity index (χ4v) is 3.18. The van der Waals surface area contributed by atoms with Crippen LogP contribution < -0.4 is 5.73 Å². The Kier molecular flexibility index (Phi) is 5.41. The number of primary amides is 1. The van der Waals surface area contributed by atoms with E-state index in [-0.39, 0.29) is 5.76 Å². The lowest BCUT2D eigenvalue weighted by Crippen LogP contribution is -2.28. The Morgan fingerprint density at radius 2 is 2.19 bits per heavy atom. The van der Waals surface area contributed by atoms with Crippen molar-refractivity contribution in [3.05, 3.63) is 47.2 Å². The number of carbonyl (C=O) groups is 1. The second-order valence-corrected chi connectivity index (χ2v) is 6.53.